The molecule has 0 aliphatic rings. The van der Waals surface area contributed by atoms with Crippen LogP contribution in [0.2, 0.25) is 0 Å². The van der Waals surface area contributed by atoms with Crippen LogP contribution in [0.15, 0.2) is 46.9 Å². The van der Waals surface area contributed by atoms with Crippen LogP contribution in [0.25, 0.3) is 0 Å². The number of anilines is 1. The maximum absolute atomic E-state index is 12.9. The van der Waals surface area contributed by atoms with Crippen molar-refractivity contribution in [3.8, 4) is 5.75 Å². The number of hydrogen-bond acceptors (Lipinski definition) is 2. The summed E-state index contributed by atoms with van der Waals surface area (Å²) in [7, 11) is 0. The summed E-state index contributed by atoms with van der Waals surface area (Å²) in [6, 6.07) is 11.8. The van der Waals surface area contributed by atoms with Gasteiger partial charge in [-0.15, -0.1) is 0 Å². The Labute approximate surface area is 131 Å². The van der Waals surface area contributed by atoms with E-state index >= 15 is 0 Å². The summed E-state index contributed by atoms with van der Waals surface area (Å²) in [5.41, 5.74) is 1.64. The molecule has 0 aromatic heterocycles. The number of ether oxygens (including phenoxy) is 1. The van der Waals surface area contributed by atoms with Crippen LogP contribution in [0, 0.1) is 12.7 Å². The molecule has 0 spiro atoms. The highest BCUT2D eigenvalue weighted by atomic mass is 79.9. The molecule has 21 heavy (non-hydrogen) atoms. The Morgan fingerprint density at radius 1 is 1.29 bits per heavy atom. The third kappa shape index (κ3) is 4.86. The van der Waals surface area contributed by atoms with Gasteiger partial charge in [-0.1, -0.05) is 12.1 Å². The highest BCUT2D eigenvalue weighted by molar-refractivity contribution is 9.10. The normalized spacial score (nSPS) is 10.2. The van der Waals surface area contributed by atoms with Crippen LogP contribution in [0.3, 0.4) is 0 Å². The molecule has 0 fully saturated rings. The third-order valence-electron chi connectivity index (χ3n) is 2.79. The highest BCUT2D eigenvalue weighted by Crippen LogP contribution is 2.23. The van der Waals surface area contributed by atoms with Gasteiger partial charge >= 0.3 is 0 Å². The fraction of sp³-hybridized carbons (Fsp3) is 0.188. The lowest BCUT2D eigenvalue weighted by atomic mass is 10.2. The molecule has 0 radical (unpaired) electrons. The molecule has 1 N–H and O–H groups in total. The summed E-state index contributed by atoms with van der Waals surface area (Å²) in [5.74, 6) is 0.198. The first kappa shape index (κ1) is 15.5. The molecule has 0 saturated carbocycles. The zero-order valence-electron chi connectivity index (χ0n) is 11.5. The summed E-state index contributed by atoms with van der Waals surface area (Å²) in [4.78, 5) is 11.8. The Hall–Kier alpha value is -1.88. The molecule has 0 aliphatic carbocycles. The van der Waals surface area contributed by atoms with E-state index in [9.17, 15) is 9.18 Å². The van der Waals surface area contributed by atoms with E-state index in [1.165, 1.54) is 18.2 Å². The van der Waals surface area contributed by atoms with E-state index in [0.717, 1.165) is 11.3 Å². The van der Waals surface area contributed by atoms with Crippen molar-refractivity contribution >= 4 is 27.5 Å². The number of nitrogens with one attached hydrogen (secondary N) is 1. The monoisotopic (exact) mass is 351 g/mol. The zero-order valence-corrected chi connectivity index (χ0v) is 13.1. The molecule has 0 bridgehead atoms. The fourth-order valence-electron chi connectivity index (χ4n) is 1.77. The number of halogens is 2. The van der Waals surface area contributed by atoms with Gasteiger partial charge in [0.25, 0.3) is 0 Å². The summed E-state index contributed by atoms with van der Waals surface area (Å²) in [5, 5.41) is 2.70. The van der Waals surface area contributed by atoms with Gasteiger partial charge < -0.3 is 10.1 Å². The molecular formula is C16H15BrFNO2. The van der Waals surface area contributed by atoms with Gasteiger partial charge in [-0.3, -0.25) is 4.79 Å². The second-order valence-electron chi connectivity index (χ2n) is 4.59. The lowest BCUT2D eigenvalue weighted by Gasteiger charge is -2.09. The predicted octanol–water partition coefficient (Wildman–Crippen LogP) is 4.30. The average molecular weight is 352 g/mol. The van der Waals surface area contributed by atoms with E-state index in [2.05, 4.69) is 21.2 Å². The van der Waals surface area contributed by atoms with Crippen molar-refractivity contribution < 1.29 is 13.9 Å². The molecule has 1 amide bonds. The predicted molar refractivity (Wildman–Crippen MR) is 84.0 cm³/mol. The van der Waals surface area contributed by atoms with Gasteiger partial charge in [0.2, 0.25) is 5.91 Å². The minimum absolute atomic E-state index is 0.185. The summed E-state index contributed by atoms with van der Waals surface area (Å²) >= 11 is 3.20. The van der Waals surface area contributed by atoms with Crippen molar-refractivity contribution in [3.05, 3.63) is 58.3 Å². The first-order valence-electron chi connectivity index (χ1n) is 6.49. The largest absolute Gasteiger partial charge is 0.493 e. The van der Waals surface area contributed by atoms with E-state index in [1.54, 1.807) is 0 Å². The van der Waals surface area contributed by atoms with Crippen LogP contribution in [0.4, 0.5) is 10.1 Å². The molecule has 0 heterocycles. The Morgan fingerprint density at radius 3 is 2.81 bits per heavy atom. The molecule has 3 nitrogen and oxygen atoms in total. The van der Waals surface area contributed by atoms with E-state index in [-0.39, 0.29) is 24.8 Å². The van der Waals surface area contributed by atoms with Gasteiger partial charge in [0.05, 0.1) is 18.7 Å². The quantitative estimate of drug-likeness (QED) is 0.871. The molecule has 2 rings (SSSR count). The Balaban J connectivity index is 1.82. The topological polar surface area (TPSA) is 38.3 Å². The van der Waals surface area contributed by atoms with Crippen LogP contribution in [-0.4, -0.2) is 12.5 Å². The molecule has 110 valence electrons. The van der Waals surface area contributed by atoms with E-state index in [1.807, 2.05) is 31.2 Å². The van der Waals surface area contributed by atoms with Crippen molar-refractivity contribution in [3.63, 3.8) is 0 Å². The fourth-order valence-corrected chi connectivity index (χ4v) is 2.22. The molecule has 5 heteroatoms. The number of carbonyl (C=O) groups excluding carboxylic acids is 1. The maximum Gasteiger partial charge on any atom is 0.227 e. The molecule has 2 aromatic rings. The molecule has 0 unspecified atom stereocenters. The summed E-state index contributed by atoms with van der Waals surface area (Å²) < 4.78 is 19.0. The third-order valence-corrected chi connectivity index (χ3v) is 3.45. The number of hydrogen-bond donors (Lipinski definition) is 1. The van der Waals surface area contributed by atoms with Crippen molar-refractivity contribution in [2.24, 2.45) is 0 Å². The van der Waals surface area contributed by atoms with E-state index in [4.69, 9.17) is 4.74 Å². The van der Waals surface area contributed by atoms with Gasteiger partial charge in [-0.2, -0.15) is 0 Å². The first-order valence-corrected chi connectivity index (χ1v) is 7.28. The van der Waals surface area contributed by atoms with Gasteiger partial charge in [0.15, 0.2) is 0 Å². The van der Waals surface area contributed by atoms with Crippen molar-refractivity contribution in [1.29, 1.82) is 0 Å². The average Bonchev–Trinajstić information content (AvgIpc) is 2.42. The van der Waals surface area contributed by atoms with Crippen LogP contribution < -0.4 is 10.1 Å². The van der Waals surface area contributed by atoms with Crippen molar-refractivity contribution in [1.82, 2.24) is 0 Å². The van der Waals surface area contributed by atoms with E-state index in [0.29, 0.717) is 10.2 Å². The standard InChI is InChI=1S/C16H15BrFNO2/c1-11-3-2-4-13(9-11)21-8-7-16(20)19-15-6-5-12(18)10-14(15)17/h2-6,9-10H,7-8H2,1H3,(H,19,20). The van der Waals surface area contributed by atoms with Gasteiger partial charge in [-0.05, 0) is 58.7 Å². The Bertz CT molecular complexity index is 646. The Kier molecular flexibility index (Phi) is 5.33. The minimum Gasteiger partial charge on any atom is -0.493 e. The highest BCUT2D eigenvalue weighted by Gasteiger charge is 2.07. The smallest absolute Gasteiger partial charge is 0.227 e. The lowest BCUT2D eigenvalue weighted by Crippen LogP contribution is -2.15. The van der Waals surface area contributed by atoms with Gasteiger partial charge in [-0.25, -0.2) is 4.39 Å². The number of amides is 1. The number of rotatable bonds is 5. The maximum atomic E-state index is 12.9. The second kappa shape index (κ2) is 7.22. The number of benzene rings is 2. The van der Waals surface area contributed by atoms with Gasteiger partial charge in [0, 0.05) is 4.47 Å². The lowest BCUT2D eigenvalue weighted by molar-refractivity contribution is -0.116. The van der Waals surface area contributed by atoms with E-state index < -0.39 is 0 Å². The minimum atomic E-state index is -0.359. The van der Waals surface area contributed by atoms with Crippen LogP contribution in [0.5, 0.6) is 5.75 Å². The molecule has 0 atom stereocenters. The van der Waals surface area contributed by atoms with Crippen molar-refractivity contribution in [2.45, 2.75) is 13.3 Å². The zero-order chi connectivity index (χ0) is 15.2. The SMILES string of the molecule is Cc1cccc(OCCC(=O)Nc2ccc(F)cc2Br)c1. The van der Waals surface area contributed by atoms with Crippen LogP contribution in [-0.2, 0) is 4.79 Å². The van der Waals surface area contributed by atoms with Gasteiger partial charge in [0.1, 0.15) is 11.6 Å². The van der Waals surface area contributed by atoms with Crippen LogP contribution in [0.1, 0.15) is 12.0 Å². The van der Waals surface area contributed by atoms with Crippen molar-refractivity contribution in [2.75, 3.05) is 11.9 Å². The Morgan fingerprint density at radius 2 is 2.10 bits per heavy atom. The summed E-state index contributed by atoms with van der Waals surface area (Å²) in [6.45, 7) is 2.26. The first-order chi connectivity index (χ1) is 10.0. The van der Waals surface area contributed by atoms with Crippen LogP contribution >= 0.6 is 15.9 Å². The number of aryl methyl sites for hydroxylation is 1. The molecule has 2 aromatic carbocycles. The molecule has 0 saturated heterocycles. The molecule has 0 aliphatic heterocycles. The molecular weight excluding hydrogens is 337 g/mol. The summed E-state index contributed by atoms with van der Waals surface area (Å²) in [6.07, 6.45) is 0.220. The second-order valence-corrected chi connectivity index (χ2v) is 5.44. The number of carbonyl (C=O) groups is 1.